The molecule has 0 saturated heterocycles. The lowest BCUT2D eigenvalue weighted by Crippen LogP contribution is -1.97. The molecule has 0 spiro atoms. The highest BCUT2D eigenvalue weighted by Crippen LogP contribution is 2.16. The molecule has 0 aromatic rings. The molecule has 0 heterocycles. The van der Waals surface area contributed by atoms with Crippen molar-refractivity contribution in [2.24, 2.45) is 5.92 Å². The molecule has 0 fully saturated rings. The van der Waals surface area contributed by atoms with Crippen LogP contribution in [0.3, 0.4) is 0 Å². The van der Waals surface area contributed by atoms with E-state index in [0.29, 0.717) is 12.5 Å². The SMILES string of the molecule is [CH2]C(CCCO)CCCCCCCCCCCCCCCC. The normalized spacial score (nSPS) is 12.7. The topological polar surface area (TPSA) is 20.2 Å². The largest absolute Gasteiger partial charge is 0.396 e. The summed E-state index contributed by atoms with van der Waals surface area (Å²) in [7, 11) is 0. The summed E-state index contributed by atoms with van der Waals surface area (Å²) < 4.78 is 0. The number of aliphatic hydroxyl groups is 1. The van der Waals surface area contributed by atoms with Gasteiger partial charge in [0, 0.05) is 6.61 Å². The van der Waals surface area contributed by atoms with Crippen molar-refractivity contribution in [2.45, 2.75) is 116 Å². The molecule has 0 bridgehead atoms. The second-order valence-electron chi connectivity index (χ2n) is 7.12. The first-order valence-electron chi connectivity index (χ1n) is 10.2. The van der Waals surface area contributed by atoms with Crippen LogP contribution in [0.5, 0.6) is 0 Å². The highest BCUT2D eigenvalue weighted by Gasteiger charge is 2.01. The summed E-state index contributed by atoms with van der Waals surface area (Å²) >= 11 is 0. The summed E-state index contributed by atoms with van der Waals surface area (Å²) in [6.45, 7) is 6.77. The van der Waals surface area contributed by atoms with E-state index in [1.54, 1.807) is 0 Å². The summed E-state index contributed by atoms with van der Waals surface area (Å²) in [5.74, 6) is 0.560. The number of aliphatic hydroxyl groups excluding tert-OH is 1. The Morgan fingerprint density at radius 3 is 1.36 bits per heavy atom. The summed E-state index contributed by atoms with van der Waals surface area (Å²) in [6.07, 6.45) is 23.2. The smallest absolute Gasteiger partial charge is 0.0431 e. The summed E-state index contributed by atoms with van der Waals surface area (Å²) in [5, 5.41) is 8.78. The Balaban J connectivity index is 3.02. The van der Waals surface area contributed by atoms with E-state index in [1.165, 1.54) is 96.3 Å². The molecule has 0 aliphatic rings. The van der Waals surface area contributed by atoms with Crippen LogP contribution < -0.4 is 0 Å². The van der Waals surface area contributed by atoms with Crippen molar-refractivity contribution in [3.63, 3.8) is 0 Å². The van der Waals surface area contributed by atoms with Gasteiger partial charge in [-0.25, -0.2) is 0 Å². The van der Waals surface area contributed by atoms with Crippen LogP contribution in [0.4, 0.5) is 0 Å². The number of hydrogen-bond acceptors (Lipinski definition) is 1. The molecule has 1 radical (unpaired) electrons. The van der Waals surface area contributed by atoms with E-state index >= 15 is 0 Å². The van der Waals surface area contributed by atoms with E-state index in [4.69, 9.17) is 5.11 Å². The van der Waals surface area contributed by atoms with Gasteiger partial charge in [0.05, 0.1) is 0 Å². The highest BCUT2D eigenvalue weighted by molar-refractivity contribution is 4.61. The Kier molecular flexibility index (Phi) is 19.0. The van der Waals surface area contributed by atoms with Crippen molar-refractivity contribution in [3.05, 3.63) is 6.92 Å². The number of rotatable bonds is 18. The van der Waals surface area contributed by atoms with Gasteiger partial charge in [-0.2, -0.15) is 0 Å². The first-order chi connectivity index (χ1) is 10.8. The van der Waals surface area contributed by atoms with E-state index in [1.807, 2.05) is 0 Å². The van der Waals surface area contributed by atoms with Crippen LogP contribution >= 0.6 is 0 Å². The molecule has 1 nitrogen and oxygen atoms in total. The molecule has 0 rings (SSSR count). The fourth-order valence-electron chi connectivity index (χ4n) is 3.15. The fraction of sp³-hybridized carbons (Fsp3) is 0.952. The first-order valence-corrected chi connectivity index (χ1v) is 10.2. The molecule has 1 N–H and O–H groups in total. The van der Waals surface area contributed by atoms with E-state index in [2.05, 4.69) is 13.8 Å². The maximum atomic E-state index is 8.78. The van der Waals surface area contributed by atoms with Gasteiger partial charge in [-0.05, 0) is 18.8 Å². The van der Waals surface area contributed by atoms with E-state index in [-0.39, 0.29) is 0 Å². The predicted molar refractivity (Wildman–Crippen MR) is 100 cm³/mol. The molecule has 0 aromatic heterocycles. The van der Waals surface area contributed by atoms with Crippen molar-refractivity contribution >= 4 is 0 Å². The molecular weight excluding hydrogens is 268 g/mol. The summed E-state index contributed by atoms with van der Waals surface area (Å²) in [5.41, 5.74) is 0. The van der Waals surface area contributed by atoms with E-state index in [0.717, 1.165) is 12.8 Å². The zero-order valence-corrected chi connectivity index (χ0v) is 15.5. The van der Waals surface area contributed by atoms with Crippen molar-refractivity contribution in [3.8, 4) is 0 Å². The summed E-state index contributed by atoms with van der Waals surface area (Å²) in [6, 6.07) is 0. The van der Waals surface area contributed by atoms with Crippen LogP contribution in [0.1, 0.15) is 116 Å². The molecule has 0 aromatic carbocycles. The molecule has 0 saturated carbocycles. The van der Waals surface area contributed by atoms with Gasteiger partial charge in [0.25, 0.3) is 0 Å². The second kappa shape index (κ2) is 19.0. The molecule has 22 heavy (non-hydrogen) atoms. The molecule has 0 aliphatic heterocycles. The van der Waals surface area contributed by atoms with Gasteiger partial charge >= 0.3 is 0 Å². The van der Waals surface area contributed by atoms with Crippen molar-refractivity contribution in [2.75, 3.05) is 6.61 Å². The van der Waals surface area contributed by atoms with Crippen LogP contribution in [0.15, 0.2) is 0 Å². The Hall–Kier alpha value is -0.0400. The molecule has 0 aliphatic carbocycles. The minimum Gasteiger partial charge on any atom is -0.396 e. The van der Waals surface area contributed by atoms with E-state index in [9.17, 15) is 0 Å². The third kappa shape index (κ3) is 18.0. The van der Waals surface area contributed by atoms with Crippen LogP contribution in [-0.4, -0.2) is 11.7 Å². The van der Waals surface area contributed by atoms with Gasteiger partial charge in [0.15, 0.2) is 0 Å². The Morgan fingerprint density at radius 2 is 0.955 bits per heavy atom. The maximum Gasteiger partial charge on any atom is 0.0431 e. The monoisotopic (exact) mass is 311 g/mol. The minimum atomic E-state index is 0.324. The van der Waals surface area contributed by atoms with Gasteiger partial charge in [0.2, 0.25) is 0 Å². The van der Waals surface area contributed by atoms with Crippen molar-refractivity contribution < 1.29 is 5.11 Å². The lowest BCUT2D eigenvalue weighted by Gasteiger charge is -2.09. The van der Waals surface area contributed by atoms with Crippen LogP contribution in [0, 0.1) is 12.8 Å². The standard InChI is InChI=1S/C21H43O/c1-3-4-5-6-7-8-9-10-11-12-13-14-15-16-18-21(2)19-17-20-22/h21-22H,2-20H2,1H3. The Labute approximate surface area is 141 Å². The average Bonchev–Trinajstić information content (AvgIpc) is 2.53. The third-order valence-corrected chi connectivity index (χ3v) is 4.74. The van der Waals surface area contributed by atoms with Gasteiger partial charge in [-0.1, -0.05) is 110 Å². The quantitative estimate of drug-likeness (QED) is 0.268. The van der Waals surface area contributed by atoms with Gasteiger partial charge in [-0.15, -0.1) is 0 Å². The zero-order valence-electron chi connectivity index (χ0n) is 15.5. The highest BCUT2D eigenvalue weighted by atomic mass is 16.2. The average molecular weight is 312 g/mol. The lowest BCUT2D eigenvalue weighted by atomic mass is 9.97. The predicted octanol–water partition coefficient (Wildman–Crippen LogP) is 7.08. The molecule has 133 valence electrons. The van der Waals surface area contributed by atoms with Crippen LogP contribution in [0.2, 0.25) is 0 Å². The number of hydrogen-bond donors (Lipinski definition) is 1. The Bertz CT molecular complexity index is 190. The van der Waals surface area contributed by atoms with Gasteiger partial charge in [0.1, 0.15) is 0 Å². The van der Waals surface area contributed by atoms with Gasteiger partial charge in [-0.3, -0.25) is 0 Å². The molecule has 0 amide bonds. The molecular formula is C21H43O. The lowest BCUT2D eigenvalue weighted by molar-refractivity contribution is 0.274. The third-order valence-electron chi connectivity index (χ3n) is 4.74. The van der Waals surface area contributed by atoms with Crippen molar-refractivity contribution in [1.82, 2.24) is 0 Å². The van der Waals surface area contributed by atoms with Crippen molar-refractivity contribution in [1.29, 1.82) is 0 Å². The maximum absolute atomic E-state index is 8.78. The number of unbranched alkanes of at least 4 members (excludes halogenated alkanes) is 13. The van der Waals surface area contributed by atoms with Gasteiger partial charge < -0.3 is 5.11 Å². The molecule has 1 heteroatoms. The summed E-state index contributed by atoms with van der Waals surface area (Å²) in [4.78, 5) is 0. The van der Waals surface area contributed by atoms with Crippen LogP contribution in [0.25, 0.3) is 0 Å². The molecule has 1 atom stereocenters. The molecule has 1 unspecified atom stereocenters. The second-order valence-corrected chi connectivity index (χ2v) is 7.12. The first kappa shape index (κ1) is 22.0. The Morgan fingerprint density at radius 1 is 0.591 bits per heavy atom. The van der Waals surface area contributed by atoms with Crippen LogP contribution in [-0.2, 0) is 0 Å². The fourth-order valence-corrected chi connectivity index (χ4v) is 3.15. The van der Waals surface area contributed by atoms with E-state index < -0.39 is 0 Å². The zero-order chi connectivity index (χ0) is 16.3. The minimum absolute atomic E-state index is 0.324.